The van der Waals surface area contributed by atoms with Crippen LogP contribution in [0.15, 0.2) is 22.8 Å². The molecule has 0 radical (unpaired) electrons. The average molecular weight is 378 g/mol. The lowest BCUT2D eigenvalue weighted by Gasteiger charge is -2.21. The molecule has 2 aliphatic rings. The van der Waals surface area contributed by atoms with E-state index in [9.17, 15) is 18.0 Å². The first-order valence-corrected chi connectivity index (χ1v) is 8.02. The van der Waals surface area contributed by atoms with Gasteiger partial charge in [0.1, 0.15) is 11.9 Å². The van der Waals surface area contributed by atoms with Crippen LogP contribution in [0.2, 0.25) is 0 Å². The summed E-state index contributed by atoms with van der Waals surface area (Å²) in [6, 6.07) is 4.25. The number of carbonyl (C=O) groups is 2. The van der Waals surface area contributed by atoms with Gasteiger partial charge in [-0.25, -0.2) is 4.79 Å². The highest BCUT2D eigenvalue weighted by Gasteiger charge is 2.45. The zero-order chi connectivity index (χ0) is 19.5. The Kier molecular flexibility index (Phi) is 6.30. The molecule has 2 aliphatic heterocycles. The summed E-state index contributed by atoms with van der Waals surface area (Å²) in [7, 11) is 3.56. The van der Waals surface area contributed by atoms with Crippen molar-refractivity contribution >= 4 is 11.9 Å². The molecule has 146 valence electrons. The molecule has 1 N–H and O–H groups in total. The lowest BCUT2D eigenvalue weighted by molar-refractivity contribution is -0.192. The molecule has 0 spiro atoms. The molecule has 1 amide bonds. The Bertz CT molecular complexity index is 618. The zero-order valence-corrected chi connectivity index (χ0v) is 14.4. The molecule has 3 rings (SSSR count). The number of aliphatic carboxylic acids is 1. The molecule has 0 aliphatic carbocycles. The number of hydrogen-bond acceptors (Lipinski definition) is 5. The van der Waals surface area contributed by atoms with Gasteiger partial charge in [-0.1, -0.05) is 0 Å². The average Bonchev–Trinajstić information content (AvgIpc) is 3.25. The number of amides is 1. The second kappa shape index (κ2) is 8.09. The van der Waals surface area contributed by atoms with Crippen LogP contribution in [0.1, 0.15) is 18.6 Å². The minimum absolute atomic E-state index is 0.0762. The number of likely N-dealkylation sites (tertiary alicyclic amines) is 1. The molecule has 0 bridgehead atoms. The van der Waals surface area contributed by atoms with E-state index in [0.717, 1.165) is 31.7 Å². The first-order chi connectivity index (χ1) is 12.1. The number of ether oxygens (including phenoxy) is 1. The molecule has 2 fully saturated rings. The fraction of sp³-hybridized carbons (Fsp3) is 0.625. The number of hydrogen-bond donors (Lipinski definition) is 1. The third-order valence-corrected chi connectivity index (χ3v) is 4.29. The Morgan fingerprint density at radius 2 is 2.04 bits per heavy atom. The fourth-order valence-electron chi connectivity index (χ4n) is 3.08. The fourth-order valence-corrected chi connectivity index (χ4v) is 3.08. The molecule has 0 aromatic carbocycles. The summed E-state index contributed by atoms with van der Waals surface area (Å²) in [5.74, 6) is -1.71. The number of halogens is 3. The molecule has 10 heteroatoms. The van der Waals surface area contributed by atoms with Gasteiger partial charge < -0.3 is 19.2 Å². The third-order valence-electron chi connectivity index (χ3n) is 4.29. The van der Waals surface area contributed by atoms with Crippen LogP contribution in [-0.2, 0) is 20.9 Å². The lowest BCUT2D eigenvalue weighted by Crippen LogP contribution is -2.35. The number of furan rings is 1. The Morgan fingerprint density at radius 3 is 2.54 bits per heavy atom. The van der Waals surface area contributed by atoms with Gasteiger partial charge in [-0.2, -0.15) is 13.2 Å². The quantitative estimate of drug-likeness (QED) is 0.863. The topological polar surface area (TPSA) is 83.2 Å². The van der Waals surface area contributed by atoms with Gasteiger partial charge in [-0.15, -0.1) is 0 Å². The van der Waals surface area contributed by atoms with Gasteiger partial charge in [0.25, 0.3) is 5.91 Å². The standard InChI is InChI=1S/C14H20N2O3.C2HF3O2/c1-15(2)14(17)13-8-11-12(19-13)5-6-16(11)9-10-4-3-7-18-10;3-2(4,5)1(6)7/h3-4,7,11-13H,5-6,8-9H2,1-2H3;(H,6,7)/t11-,12-,13+;/m1./s1. The van der Waals surface area contributed by atoms with Crippen LogP contribution in [0.25, 0.3) is 0 Å². The first-order valence-electron chi connectivity index (χ1n) is 8.02. The van der Waals surface area contributed by atoms with Crippen molar-refractivity contribution in [2.24, 2.45) is 0 Å². The summed E-state index contributed by atoms with van der Waals surface area (Å²) >= 11 is 0. The minimum atomic E-state index is -5.08. The number of carbonyl (C=O) groups excluding carboxylic acids is 1. The number of carboxylic acid groups (broad SMARTS) is 1. The van der Waals surface area contributed by atoms with Gasteiger partial charge in [0.15, 0.2) is 0 Å². The molecular weight excluding hydrogens is 357 g/mol. The molecule has 0 saturated carbocycles. The molecule has 3 heterocycles. The SMILES string of the molecule is CN(C)C(=O)[C@@H]1C[C@@H]2[C@@H](CCN2Cc2ccco2)O1.O=C(O)C(F)(F)F. The van der Waals surface area contributed by atoms with Crippen LogP contribution in [0.3, 0.4) is 0 Å². The number of likely N-dealkylation sites (N-methyl/N-ethyl adjacent to an activating group) is 1. The highest BCUT2D eigenvalue weighted by molar-refractivity contribution is 5.80. The molecule has 2 saturated heterocycles. The molecule has 1 aromatic heterocycles. The van der Waals surface area contributed by atoms with E-state index < -0.39 is 12.1 Å². The largest absolute Gasteiger partial charge is 0.490 e. The highest BCUT2D eigenvalue weighted by atomic mass is 19.4. The van der Waals surface area contributed by atoms with Crippen molar-refractivity contribution in [2.75, 3.05) is 20.6 Å². The predicted molar refractivity (Wildman–Crippen MR) is 83.2 cm³/mol. The van der Waals surface area contributed by atoms with Crippen LogP contribution in [-0.4, -0.2) is 71.8 Å². The maximum absolute atomic E-state index is 12.0. The van der Waals surface area contributed by atoms with Crippen LogP contribution in [0.5, 0.6) is 0 Å². The van der Waals surface area contributed by atoms with Crippen LogP contribution in [0, 0.1) is 0 Å². The lowest BCUT2D eigenvalue weighted by atomic mass is 10.1. The summed E-state index contributed by atoms with van der Waals surface area (Å²) in [4.78, 5) is 24.8. The summed E-state index contributed by atoms with van der Waals surface area (Å²) in [6.45, 7) is 1.82. The number of alkyl halides is 3. The summed E-state index contributed by atoms with van der Waals surface area (Å²) in [6.07, 6.45) is -1.66. The highest BCUT2D eigenvalue weighted by Crippen LogP contribution is 2.34. The van der Waals surface area contributed by atoms with E-state index in [1.807, 2.05) is 12.1 Å². The second-order valence-electron chi connectivity index (χ2n) is 6.34. The van der Waals surface area contributed by atoms with Crippen molar-refractivity contribution in [3.05, 3.63) is 24.2 Å². The van der Waals surface area contributed by atoms with Gasteiger partial charge in [0.2, 0.25) is 0 Å². The summed E-state index contributed by atoms with van der Waals surface area (Å²) in [5.41, 5.74) is 0. The van der Waals surface area contributed by atoms with Gasteiger partial charge in [-0.3, -0.25) is 9.69 Å². The molecule has 3 atom stereocenters. The Morgan fingerprint density at radius 1 is 1.38 bits per heavy atom. The van der Waals surface area contributed by atoms with Crippen LogP contribution < -0.4 is 0 Å². The number of carboxylic acids is 1. The second-order valence-corrected chi connectivity index (χ2v) is 6.34. The van der Waals surface area contributed by atoms with Crippen LogP contribution in [0.4, 0.5) is 13.2 Å². The molecule has 7 nitrogen and oxygen atoms in total. The summed E-state index contributed by atoms with van der Waals surface area (Å²) < 4.78 is 43.0. The van der Waals surface area contributed by atoms with Crippen molar-refractivity contribution < 1.29 is 37.0 Å². The Labute approximate surface area is 148 Å². The number of rotatable bonds is 3. The van der Waals surface area contributed by atoms with Crippen LogP contribution >= 0.6 is 0 Å². The predicted octanol–water partition coefficient (Wildman–Crippen LogP) is 1.73. The van der Waals surface area contributed by atoms with E-state index in [-0.39, 0.29) is 18.1 Å². The molecule has 0 unspecified atom stereocenters. The molecular formula is C16H21F3N2O5. The van der Waals surface area contributed by atoms with E-state index in [1.54, 1.807) is 25.3 Å². The van der Waals surface area contributed by atoms with Gasteiger partial charge in [0, 0.05) is 33.1 Å². The van der Waals surface area contributed by atoms with Gasteiger partial charge >= 0.3 is 12.1 Å². The van der Waals surface area contributed by atoms with E-state index in [2.05, 4.69) is 4.90 Å². The van der Waals surface area contributed by atoms with Crippen molar-refractivity contribution in [2.45, 2.75) is 43.8 Å². The normalized spacial score (nSPS) is 25.3. The van der Waals surface area contributed by atoms with E-state index in [0.29, 0.717) is 6.04 Å². The first kappa shape index (κ1) is 20.2. The summed E-state index contributed by atoms with van der Waals surface area (Å²) in [5, 5.41) is 7.12. The van der Waals surface area contributed by atoms with E-state index in [4.69, 9.17) is 19.1 Å². The van der Waals surface area contributed by atoms with Crippen molar-refractivity contribution in [1.82, 2.24) is 9.80 Å². The number of nitrogens with zero attached hydrogens (tertiary/aromatic N) is 2. The Balaban J connectivity index is 0.000000298. The Hall–Kier alpha value is -2.07. The zero-order valence-electron chi connectivity index (χ0n) is 14.4. The third kappa shape index (κ3) is 4.98. The van der Waals surface area contributed by atoms with E-state index in [1.165, 1.54) is 0 Å². The maximum atomic E-state index is 12.0. The smallest absolute Gasteiger partial charge is 0.475 e. The van der Waals surface area contributed by atoms with Gasteiger partial charge in [0.05, 0.1) is 18.9 Å². The van der Waals surface area contributed by atoms with E-state index >= 15 is 0 Å². The maximum Gasteiger partial charge on any atom is 0.490 e. The van der Waals surface area contributed by atoms with Crippen molar-refractivity contribution in [3.8, 4) is 0 Å². The number of fused-ring (bicyclic) bond motifs is 1. The molecule has 1 aromatic rings. The monoisotopic (exact) mass is 378 g/mol. The van der Waals surface area contributed by atoms with Crippen molar-refractivity contribution in [1.29, 1.82) is 0 Å². The van der Waals surface area contributed by atoms with Gasteiger partial charge in [-0.05, 0) is 18.6 Å². The molecule has 26 heavy (non-hydrogen) atoms. The minimum Gasteiger partial charge on any atom is -0.475 e. The van der Waals surface area contributed by atoms with Crippen molar-refractivity contribution in [3.63, 3.8) is 0 Å².